The van der Waals surface area contributed by atoms with Crippen LogP contribution in [0.2, 0.25) is 0 Å². The number of nitrogens with two attached hydrogens (primary N) is 1. The van der Waals surface area contributed by atoms with Gasteiger partial charge in [-0.25, -0.2) is 9.18 Å². The fourth-order valence-electron chi connectivity index (χ4n) is 2.13. The minimum atomic E-state index is -0.572. The number of nitrogens with one attached hydrogen (secondary N) is 1. The first-order chi connectivity index (χ1) is 9.92. The number of nitrogen functional groups attached to an aromatic ring is 1. The zero-order valence-corrected chi connectivity index (χ0v) is 13.8. The van der Waals surface area contributed by atoms with Crippen molar-refractivity contribution in [3.05, 3.63) is 23.5 Å². The molecule has 0 heterocycles. The van der Waals surface area contributed by atoms with Crippen LogP contribution >= 0.6 is 11.8 Å². The minimum Gasteiger partial charge on any atom is -0.465 e. The molecule has 4 nitrogen and oxygen atoms in total. The van der Waals surface area contributed by atoms with Crippen LogP contribution in [0.4, 0.5) is 15.8 Å². The number of carbonyl (C=O) groups is 1. The molecule has 3 N–H and O–H groups in total. The van der Waals surface area contributed by atoms with Crippen molar-refractivity contribution in [3.8, 4) is 0 Å². The molecule has 0 saturated heterocycles. The van der Waals surface area contributed by atoms with E-state index in [9.17, 15) is 9.18 Å². The van der Waals surface area contributed by atoms with Crippen LogP contribution in [0, 0.1) is 5.82 Å². The number of thioether (sulfide) groups is 1. The van der Waals surface area contributed by atoms with E-state index >= 15 is 0 Å². The molecule has 21 heavy (non-hydrogen) atoms. The molecular weight excluding hydrogens is 291 g/mol. The first-order valence-corrected chi connectivity index (χ1v) is 8.11. The number of halogens is 1. The molecule has 0 aromatic heterocycles. The summed E-state index contributed by atoms with van der Waals surface area (Å²) in [7, 11) is 1.27. The number of hydrogen-bond donors (Lipinski definition) is 2. The monoisotopic (exact) mass is 314 g/mol. The molecule has 1 rings (SSSR count). The van der Waals surface area contributed by atoms with Gasteiger partial charge in [0.15, 0.2) is 0 Å². The summed E-state index contributed by atoms with van der Waals surface area (Å²) in [6, 6.07) is 2.56. The van der Waals surface area contributed by atoms with Gasteiger partial charge in [0.25, 0.3) is 0 Å². The lowest BCUT2D eigenvalue weighted by molar-refractivity contribution is 0.0602. The Balaban J connectivity index is 3.01. The number of hydrogen-bond acceptors (Lipinski definition) is 5. The number of rotatable bonds is 7. The van der Waals surface area contributed by atoms with Gasteiger partial charge >= 0.3 is 5.97 Å². The van der Waals surface area contributed by atoms with Crippen LogP contribution in [-0.4, -0.2) is 30.6 Å². The molecular formula is C15H23FN2O2S. The third-order valence-electron chi connectivity index (χ3n) is 3.87. The maximum absolute atomic E-state index is 14.0. The van der Waals surface area contributed by atoms with Crippen molar-refractivity contribution in [2.75, 3.05) is 31.0 Å². The zero-order valence-electron chi connectivity index (χ0n) is 13.0. The lowest BCUT2D eigenvalue weighted by Gasteiger charge is -2.30. The van der Waals surface area contributed by atoms with Crippen molar-refractivity contribution in [3.63, 3.8) is 0 Å². The molecule has 1 aromatic carbocycles. The molecule has 0 saturated carbocycles. The first-order valence-electron chi connectivity index (χ1n) is 6.89. The van der Waals surface area contributed by atoms with E-state index in [1.807, 2.05) is 6.26 Å². The van der Waals surface area contributed by atoms with Crippen LogP contribution < -0.4 is 11.1 Å². The van der Waals surface area contributed by atoms with Crippen LogP contribution in [-0.2, 0) is 4.74 Å². The maximum Gasteiger partial charge on any atom is 0.340 e. The van der Waals surface area contributed by atoms with E-state index < -0.39 is 11.8 Å². The van der Waals surface area contributed by atoms with Gasteiger partial charge in [-0.2, -0.15) is 11.8 Å². The second kappa shape index (κ2) is 7.54. The molecule has 0 radical (unpaired) electrons. The van der Waals surface area contributed by atoms with E-state index in [0.29, 0.717) is 6.54 Å². The molecule has 6 heteroatoms. The van der Waals surface area contributed by atoms with Gasteiger partial charge < -0.3 is 15.8 Å². The minimum absolute atomic E-state index is 0.0409. The largest absolute Gasteiger partial charge is 0.465 e. The molecule has 0 amide bonds. The maximum atomic E-state index is 14.0. The molecule has 0 fully saturated rings. The average molecular weight is 314 g/mol. The molecule has 0 aliphatic rings. The quantitative estimate of drug-likeness (QED) is 0.595. The Labute approximate surface area is 129 Å². The summed E-state index contributed by atoms with van der Waals surface area (Å²) >= 11 is 1.76. The van der Waals surface area contributed by atoms with Gasteiger partial charge in [0.1, 0.15) is 5.82 Å². The van der Waals surface area contributed by atoms with Gasteiger partial charge in [-0.15, -0.1) is 0 Å². The van der Waals surface area contributed by atoms with Gasteiger partial charge in [0.05, 0.1) is 18.4 Å². The van der Waals surface area contributed by atoms with Gasteiger partial charge in [-0.1, -0.05) is 13.8 Å². The van der Waals surface area contributed by atoms with Crippen LogP contribution in [0.3, 0.4) is 0 Å². The van der Waals surface area contributed by atoms with E-state index in [2.05, 4.69) is 23.9 Å². The highest BCUT2D eigenvalue weighted by atomic mass is 32.2. The van der Waals surface area contributed by atoms with Crippen molar-refractivity contribution >= 4 is 29.1 Å². The van der Waals surface area contributed by atoms with Crippen LogP contribution in [0.15, 0.2) is 12.1 Å². The Hall–Kier alpha value is -1.43. The molecule has 0 bridgehead atoms. The van der Waals surface area contributed by atoms with E-state index in [0.717, 1.165) is 18.9 Å². The predicted octanol–water partition coefficient (Wildman–Crippen LogP) is 3.53. The Morgan fingerprint density at radius 3 is 2.52 bits per heavy atom. The number of esters is 1. The van der Waals surface area contributed by atoms with E-state index in [-0.39, 0.29) is 21.7 Å². The van der Waals surface area contributed by atoms with Crippen LogP contribution in [0.1, 0.15) is 37.0 Å². The fraction of sp³-hybridized carbons (Fsp3) is 0.533. The Kier molecular flexibility index (Phi) is 6.33. The normalized spacial score (nSPS) is 11.3. The second-order valence-corrected chi connectivity index (χ2v) is 6.13. The van der Waals surface area contributed by atoms with Gasteiger partial charge in [0.2, 0.25) is 0 Å². The molecule has 0 aliphatic heterocycles. The molecule has 0 spiro atoms. The highest BCUT2D eigenvalue weighted by molar-refractivity contribution is 8.00. The number of carbonyl (C=O) groups excluding carboxylic acids is 1. The number of anilines is 2. The van der Waals surface area contributed by atoms with Gasteiger partial charge in [-0.3, -0.25) is 0 Å². The lowest BCUT2D eigenvalue weighted by atomic mass is 10.0. The molecule has 0 atom stereocenters. The molecule has 118 valence electrons. The highest BCUT2D eigenvalue weighted by Gasteiger charge is 2.25. The standard InChI is InChI=1S/C15H23FN2O2S/c1-5-15(6-2,21-4)9-18-13-7-10(14(19)20-3)12(17)8-11(13)16/h7-8,18H,5-6,9,17H2,1-4H3. The average Bonchev–Trinajstić information content (AvgIpc) is 2.50. The molecule has 0 aliphatic carbocycles. The third-order valence-corrected chi connectivity index (χ3v) is 5.45. The SMILES string of the molecule is CCC(CC)(CNc1cc(C(=O)OC)c(N)cc1F)SC. The number of ether oxygens (including phenoxy) is 1. The van der Waals surface area contributed by atoms with Crippen molar-refractivity contribution in [2.45, 2.75) is 31.4 Å². The van der Waals surface area contributed by atoms with Gasteiger partial charge in [0, 0.05) is 17.0 Å². The smallest absolute Gasteiger partial charge is 0.340 e. The summed E-state index contributed by atoms with van der Waals surface area (Å²) < 4.78 is 18.7. The fourth-order valence-corrected chi connectivity index (χ4v) is 2.92. The Morgan fingerprint density at radius 2 is 2.05 bits per heavy atom. The number of methoxy groups -OCH3 is 1. The van der Waals surface area contributed by atoms with E-state index in [4.69, 9.17) is 5.73 Å². The zero-order chi connectivity index (χ0) is 16.0. The summed E-state index contributed by atoms with van der Waals surface area (Å²) in [6.07, 6.45) is 3.99. The summed E-state index contributed by atoms with van der Waals surface area (Å²) in [5, 5.41) is 3.09. The van der Waals surface area contributed by atoms with Crippen molar-refractivity contribution in [1.29, 1.82) is 0 Å². The Bertz CT molecular complexity index is 496. The molecule has 1 aromatic rings. The summed E-state index contributed by atoms with van der Waals surface area (Å²) in [6.45, 7) is 4.84. The van der Waals surface area contributed by atoms with Crippen LogP contribution in [0.5, 0.6) is 0 Å². The topological polar surface area (TPSA) is 64.3 Å². The lowest BCUT2D eigenvalue weighted by Crippen LogP contribution is -2.32. The molecule has 0 unspecified atom stereocenters. The summed E-state index contributed by atoms with van der Waals surface area (Å²) in [4.78, 5) is 11.6. The summed E-state index contributed by atoms with van der Waals surface area (Å²) in [5.74, 6) is -1.04. The second-order valence-electron chi connectivity index (χ2n) is 4.86. The van der Waals surface area contributed by atoms with E-state index in [1.54, 1.807) is 11.8 Å². The van der Waals surface area contributed by atoms with Crippen LogP contribution in [0.25, 0.3) is 0 Å². The first kappa shape index (κ1) is 17.6. The van der Waals surface area contributed by atoms with Crippen molar-refractivity contribution in [2.24, 2.45) is 0 Å². The van der Waals surface area contributed by atoms with E-state index in [1.165, 1.54) is 13.2 Å². The highest BCUT2D eigenvalue weighted by Crippen LogP contribution is 2.31. The van der Waals surface area contributed by atoms with Gasteiger partial charge in [-0.05, 0) is 31.2 Å². The number of benzene rings is 1. The predicted molar refractivity (Wildman–Crippen MR) is 87.5 cm³/mol. The van der Waals surface area contributed by atoms with Crippen molar-refractivity contribution < 1.29 is 13.9 Å². The third kappa shape index (κ3) is 4.03. The summed E-state index contributed by atoms with van der Waals surface area (Å²) in [5.41, 5.74) is 6.17. The van der Waals surface area contributed by atoms with Crippen molar-refractivity contribution in [1.82, 2.24) is 0 Å². The Morgan fingerprint density at radius 1 is 1.43 bits per heavy atom.